The Bertz CT molecular complexity index is 1770. The molecule has 0 spiro atoms. The SMILES string of the molecule is C=CCOC(=O)c1ccc2c(c1C)CC[C@@H]2NC(=O)c1cc(C(=O)NCc2ccnc(C(F)(F)F)c2)nc2c(F)cnn12. The molecule has 0 aliphatic heterocycles. The van der Waals surface area contributed by atoms with Gasteiger partial charge in [0.05, 0.1) is 17.8 Å². The van der Waals surface area contributed by atoms with E-state index in [1.807, 2.05) is 0 Å². The monoisotopic (exact) mass is 596 g/mol. The number of nitrogens with zero attached hydrogens (tertiary/aromatic N) is 4. The topological polar surface area (TPSA) is 128 Å². The molecule has 0 radical (unpaired) electrons. The summed E-state index contributed by atoms with van der Waals surface area (Å²) in [7, 11) is 0. The molecule has 1 aliphatic rings. The van der Waals surface area contributed by atoms with Crippen molar-refractivity contribution in [3.05, 3.63) is 106 Å². The summed E-state index contributed by atoms with van der Waals surface area (Å²) in [6, 6.07) is 6.13. The first-order valence-electron chi connectivity index (χ1n) is 13.0. The predicted octanol–water partition coefficient (Wildman–Crippen LogP) is 4.28. The predicted molar refractivity (Wildman–Crippen MR) is 144 cm³/mol. The van der Waals surface area contributed by atoms with Crippen LogP contribution in [0.25, 0.3) is 5.65 Å². The van der Waals surface area contributed by atoms with E-state index >= 15 is 0 Å². The molecule has 4 aromatic rings. The van der Waals surface area contributed by atoms with Gasteiger partial charge in [-0.15, -0.1) is 0 Å². The Morgan fingerprint density at radius 3 is 2.72 bits per heavy atom. The van der Waals surface area contributed by atoms with E-state index < -0.39 is 41.5 Å². The number of alkyl halides is 3. The Labute approximate surface area is 241 Å². The van der Waals surface area contributed by atoms with Crippen LogP contribution >= 0.6 is 0 Å². The number of ether oxygens (including phenoxy) is 1. The van der Waals surface area contributed by atoms with Crippen LogP contribution in [0.5, 0.6) is 0 Å². The van der Waals surface area contributed by atoms with Crippen LogP contribution in [0.2, 0.25) is 0 Å². The lowest BCUT2D eigenvalue weighted by Gasteiger charge is -2.16. The van der Waals surface area contributed by atoms with Crippen LogP contribution in [0, 0.1) is 12.7 Å². The molecule has 2 N–H and O–H groups in total. The van der Waals surface area contributed by atoms with Crippen LogP contribution < -0.4 is 10.6 Å². The number of pyridine rings is 1. The van der Waals surface area contributed by atoms with Crippen molar-refractivity contribution in [3.63, 3.8) is 0 Å². The summed E-state index contributed by atoms with van der Waals surface area (Å²) in [5.41, 5.74) is 0.941. The average molecular weight is 597 g/mol. The van der Waals surface area contributed by atoms with Gasteiger partial charge in [-0.3, -0.25) is 14.6 Å². The standard InChI is InChI=1S/C29H24F4N6O4/c1-3-10-43-28(42)18-4-5-19-17(15(18)2)6-7-21(19)38-27(41)23-12-22(37-25-20(30)14-36-39(23)25)26(40)35-13-16-8-9-34-24(11-16)29(31,32)33/h3-5,8-9,11-12,14,21H,1,6-7,10,13H2,2H3,(H,35,40)(H,38,41)/t21-/m0/s1. The molecule has 0 fully saturated rings. The summed E-state index contributed by atoms with van der Waals surface area (Å²) in [5.74, 6) is -2.88. The van der Waals surface area contributed by atoms with Gasteiger partial charge in [-0.25, -0.2) is 18.7 Å². The number of carbonyl (C=O) groups is 3. The Hall–Kier alpha value is -5.14. The summed E-state index contributed by atoms with van der Waals surface area (Å²) >= 11 is 0. The third-order valence-corrected chi connectivity index (χ3v) is 7.01. The van der Waals surface area contributed by atoms with Crippen molar-refractivity contribution in [1.29, 1.82) is 0 Å². The van der Waals surface area contributed by atoms with Crippen molar-refractivity contribution in [3.8, 4) is 0 Å². The average Bonchev–Trinajstić information content (AvgIpc) is 3.57. The molecule has 2 amide bonds. The third-order valence-electron chi connectivity index (χ3n) is 7.01. The summed E-state index contributed by atoms with van der Waals surface area (Å²) in [4.78, 5) is 46.0. The second kappa shape index (κ2) is 11.6. The number of nitrogens with one attached hydrogen (secondary N) is 2. The minimum absolute atomic E-state index is 0.0746. The van der Waals surface area contributed by atoms with Crippen molar-refractivity contribution in [2.75, 3.05) is 6.61 Å². The maximum atomic E-state index is 14.5. The van der Waals surface area contributed by atoms with Crippen LogP contribution in [0.1, 0.15) is 71.7 Å². The first-order valence-corrected chi connectivity index (χ1v) is 13.0. The lowest BCUT2D eigenvalue weighted by Crippen LogP contribution is -2.31. The number of amides is 2. The molecular weight excluding hydrogens is 572 g/mol. The highest BCUT2D eigenvalue weighted by Crippen LogP contribution is 2.35. The third kappa shape index (κ3) is 5.94. The molecule has 14 heteroatoms. The number of hydrogen-bond donors (Lipinski definition) is 2. The largest absolute Gasteiger partial charge is 0.458 e. The zero-order chi connectivity index (χ0) is 30.9. The van der Waals surface area contributed by atoms with Crippen LogP contribution in [-0.4, -0.2) is 44.0 Å². The molecule has 0 bridgehead atoms. The second-order valence-corrected chi connectivity index (χ2v) is 9.74. The number of benzene rings is 1. The van der Waals surface area contributed by atoms with E-state index in [0.717, 1.165) is 45.7 Å². The second-order valence-electron chi connectivity index (χ2n) is 9.74. The Kier molecular flexibility index (Phi) is 7.93. The number of carbonyl (C=O) groups excluding carboxylic acids is 3. The van der Waals surface area contributed by atoms with Gasteiger partial charge in [-0.05, 0) is 60.2 Å². The van der Waals surface area contributed by atoms with Crippen molar-refractivity contribution < 1.29 is 36.7 Å². The summed E-state index contributed by atoms with van der Waals surface area (Å²) < 4.78 is 59.6. The van der Waals surface area contributed by atoms with Crippen molar-refractivity contribution in [1.82, 2.24) is 30.2 Å². The Morgan fingerprint density at radius 1 is 1.19 bits per heavy atom. The van der Waals surface area contributed by atoms with Gasteiger partial charge in [0, 0.05) is 18.8 Å². The minimum atomic E-state index is -4.66. The Balaban J connectivity index is 1.37. The summed E-state index contributed by atoms with van der Waals surface area (Å²) in [6.45, 7) is 5.10. The number of hydrogen-bond acceptors (Lipinski definition) is 7. The lowest BCUT2D eigenvalue weighted by atomic mass is 9.98. The van der Waals surface area contributed by atoms with Gasteiger partial charge in [-0.2, -0.15) is 18.3 Å². The highest BCUT2D eigenvalue weighted by molar-refractivity contribution is 5.98. The fourth-order valence-corrected chi connectivity index (χ4v) is 4.92. The van der Waals surface area contributed by atoms with E-state index in [2.05, 4.69) is 32.3 Å². The molecule has 0 saturated heterocycles. The van der Waals surface area contributed by atoms with Crippen LogP contribution in [0.15, 0.2) is 55.4 Å². The fourth-order valence-electron chi connectivity index (χ4n) is 4.92. The lowest BCUT2D eigenvalue weighted by molar-refractivity contribution is -0.141. The van der Waals surface area contributed by atoms with Crippen molar-refractivity contribution >= 4 is 23.4 Å². The zero-order valence-electron chi connectivity index (χ0n) is 22.7. The molecule has 0 unspecified atom stereocenters. The van der Waals surface area contributed by atoms with Gasteiger partial charge in [0.2, 0.25) is 0 Å². The van der Waals surface area contributed by atoms with Gasteiger partial charge in [-0.1, -0.05) is 18.7 Å². The minimum Gasteiger partial charge on any atom is -0.458 e. The van der Waals surface area contributed by atoms with Gasteiger partial charge < -0.3 is 15.4 Å². The van der Waals surface area contributed by atoms with E-state index in [1.165, 1.54) is 12.1 Å². The summed E-state index contributed by atoms with van der Waals surface area (Å²) in [5, 5.41) is 9.18. The molecule has 222 valence electrons. The van der Waals surface area contributed by atoms with Crippen LogP contribution in [0.3, 0.4) is 0 Å². The molecular formula is C29H24F4N6O4. The number of halogens is 4. The Morgan fingerprint density at radius 2 is 1.98 bits per heavy atom. The highest BCUT2D eigenvalue weighted by atomic mass is 19.4. The smallest absolute Gasteiger partial charge is 0.433 e. The molecule has 1 aromatic carbocycles. The quantitative estimate of drug-likeness (QED) is 0.177. The summed E-state index contributed by atoms with van der Waals surface area (Å²) in [6.07, 6.45) is -0.277. The zero-order valence-corrected chi connectivity index (χ0v) is 22.7. The first-order chi connectivity index (χ1) is 20.5. The molecule has 5 rings (SSSR count). The van der Waals surface area contributed by atoms with Gasteiger partial charge in [0.15, 0.2) is 11.5 Å². The molecule has 1 aliphatic carbocycles. The fraction of sp³-hybridized carbons (Fsp3) is 0.241. The molecule has 10 nitrogen and oxygen atoms in total. The highest BCUT2D eigenvalue weighted by Gasteiger charge is 2.33. The van der Waals surface area contributed by atoms with Gasteiger partial charge in [0.1, 0.15) is 23.7 Å². The van der Waals surface area contributed by atoms with Gasteiger partial charge >= 0.3 is 12.1 Å². The number of fused-ring (bicyclic) bond motifs is 2. The van der Waals surface area contributed by atoms with Crippen LogP contribution in [0.4, 0.5) is 17.6 Å². The van der Waals surface area contributed by atoms with Gasteiger partial charge in [0.25, 0.3) is 11.8 Å². The molecule has 3 heterocycles. The first kappa shape index (κ1) is 29.4. The number of esters is 1. The van der Waals surface area contributed by atoms with Crippen LogP contribution in [-0.2, 0) is 23.9 Å². The van der Waals surface area contributed by atoms with E-state index in [0.29, 0.717) is 18.4 Å². The molecule has 0 saturated carbocycles. The maximum absolute atomic E-state index is 14.5. The molecule has 3 aromatic heterocycles. The van der Waals surface area contributed by atoms with E-state index in [9.17, 15) is 31.9 Å². The molecule has 43 heavy (non-hydrogen) atoms. The molecule has 1 atom stereocenters. The van der Waals surface area contributed by atoms with E-state index in [4.69, 9.17) is 4.74 Å². The normalized spacial score (nSPS) is 14.3. The van der Waals surface area contributed by atoms with E-state index in [1.54, 1.807) is 19.1 Å². The van der Waals surface area contributed by atoms with Crippen molar-refractivity contribution in [2.45, 2.75) is 38.5 Å². The number of rotatable bonds is 8. The van der Waals surface area contributed by atoms with Crippen molar-refractivity contribution in [2.24, 2.45) is 0 Å². The maximum Gasteiger partial charge on any atom is 0.433 e. The van der Waals surface area contributed by atoms with E-state index in [-0.39, 0.29) is 35.8 Å². The number of aromatic nitrogens is 4.